The van der Waals surface area contributed by atoms with Crippen LogP contribution in [0, 0.1) is 0 Å². The highest BCUT2D eigenvalue weighted by Crippen LogP contribution is 2.13. The molecule has 0 bridgehead atoms. The molecule has 2 aromatic rings. The second-order valence-electron chi connectivity index (χ2n) is 5.68. The van der Waals surface area contributed by atoms with Gasteiger partial charge in [-0.3, -0.25) is 14.4 Å². The average Bonchev–Trinajstić information content (AvgIpc) is 2.66. The first-order valence-electron chi connectivity index (χ1n) is 8.29. The van der Waals surface area contributed by atoms with Crippen molar-refractivity contribution in [2.45, 2.75) is 12.8 Å². The van der Waals surface area contributed by atoms with Crippen LogP contribution >= 0.6 is 15.9 Å². The minimum Gasteiger partial charge on any atom is -0.481 e. The van der Waals surface area contributed by atoms with Gasteiger partial charge >= 0.3 is 5.97 Å². The van der Waals surface area contributed by atoms with Gasteiger partial charge in [-0.15, -0.1) is 0 Å². The van der Waals surface area contributed by atoms with Crippen LogP contribution in [-0.4, -0.2) is 29.4 Å². The molecule has 0 heterocycles. The number of hydrogen-bond acceptors (Lipinski definition) is 3. The first-order chi connectivity index (χ1) is 13.0. The maximum atomic E-state index is 12.5. The summed E-state index contributed by atoms with van der Waals surface area (Å²) >= 11 is 3.35. The molecule has 2 amide bonds. The molecule has 0 fully saturated rings. The van der Waals surface area contributed by atoms with Crippen molar-refractivity contribution >= 4 is 39.8 Å². The number of rotatable bonds is 8. The fraction of sp³-hybridized carbons (Fsp3) is 0.150. The fourth-order valence-electron chi connectivity index (χ4n) is 2.20. The number of carboxylic acid groups (broad SMARTS) is 1. The van der Waals surface area contributed by atoms with Gasteiger partial charge in [0.2, 0.25) is 0 Å². The minimum atomic E-state index is -0.924. The number of benzene rings is 2. The molecule has 0 unspecified atom stereocenters. The van der Waals surface area contributed by atoms with Crippen molar-refractivity contribution in [3.05, 3.63) is 75.9 Å². The van der Waals surface area contributed by atoms with E-state index in [2.05, 4.69) is 26.6 Å². The van der Waals surface area contributed by atoms with Crippen LogP contribution in [-0.2, 0) is 9.59 Å². The number of halogens is 1. The standard InChI is InChI=1S/C20H19BrN2O4/c21-16-10-8-14(9-11-16)13-17(20(27)22-12-4-7-18(24)25)23-19(26)15-5-2-1-3-6-15/h1-3,5-6,8-11,13H,4,7,12H2,(H,22,27)(H,23,26)(H,24,25)/b17-13-. The van der Waals surface area contributed by atoms with E-state index in [4.69, 9.17) is 5.11 Å². The summed E-state index contributed by atoms with van der Waals surface area (Å²) in [6, 6.07) is 15.8. The van der Waals surface area contributed by atoms with Gasteiger partial charge in [0.1, 0.15) is 5.70 Å². The van der Waals surface area contributed by atoms with Crippen molar-refractivity contribution in [1.29, 1.82) is 0 Å². The van der Waals surface area contributed by atoms with Crippen LogP contribution in [0.5, 0.6) is 0 Å². The SMILES string of the molecule is O=C(O)CCCNC(=O)/C(=C/c1ccc(Br)cc1)NC(=O)c1ccccc1. The van der Waals surface area contributed by atoms with E-state index in [1.165, 1.54) is 0 Å². The first-order valence-corrected chi connectivity index (χ1v) is 9.08. The van der Waals surface area contributed by atoms with E-state index < -0.39 is 17.8 Å². The molecule has 2 aromatic carbocycles. The maximum absolute atomic E-state index is 12.5. The predicted molar refractivity (Wildman–Crippen MR) is 106 cm³/mol. The third kappa shape index (κ3) is 7.07. The normalized spacial score (nSPS) is 10.9. The summed E-state index contributed by atoms with van der Waals surface area (Å²) in [5.41, 5.74) is 1.25. The van der Waals surface area contributed by atoms with Gasteiger partial charge in [-0.1, -0.05) is 46.3 Å². The lowest BCUT2D eigenvalue weighted by Crippen LogP contribution is -2.35. The van der Waals surface area contributed by atoms with E-state index in [-0.39, 0.29) is 18.7 Å². The Bertz CT molecular complexity index is 833. The molecule has 0 radical (unpaired) electrons. The number of carbonyl (C=O) groups is 3. The Labute approximate surface area is 165 Å². The Hall–Kier alpha value is -2.93. The molecule has 2 rings (SSSR count). The molecule has 0 saturated heterocycles. The third-order valence-corrected chi connectivity index (χ3v) is 4.09. The number of carbonyl (C=O) groups excluding carboxylic acids is 2. The summed E-state index contributed by atoms with van der Waals surface area (Å²) in [5, 5.41) is 13.9. The third-order valence-electron chi connectivity index (χ3n) is 3.56. The highest BCUT2D eigenvalue weighted by molar-refractivity contribution is 9.10. The van der Waals surface area contributed by atoms with E-state index in [9.17, 15) is 14.4 Å². The van der Waals surface area contributed by atoms with Gasteiger partial charge in [-0.2, -0.15) is 0 Å². The van der Waals surface area contributed by atoms with Gasteiger partial charge < -0.3 is 15.7 Å². The van der Waals surface area contributed by atoms with Gasteiger partial charge in [0, 0.05) is 23.0 Å². The topological polar surface area (TPSA) is 95.5 Å². The summed E-state index contributed by atoms with van der Waals surface area (Å²) in [7, 11) is 0. The van der Waals surface area contributed by atoms with E-state index in [0.29, 0.717) is 12.0 Å². The van der Waals surface area contributed by atoms with Crippen molar-refractivity contribution in [1.82, 2.24) is 10.6 Å². The van der Waals surface area contributed by atoms with E-state index in [0.717, 1.165) is 10.0 Å². The molecule has 0 aromatic heterocycles. The largest absolute Gasteiger partial charge is 0.481 e. The summed E-state index contributed by atoms with van der Waals surface area (Å²) < 4.78 is 0.896. The van der Waals surface area contributed by atoms with Crippen molar-refractivity contribution in [2.24, 2.45) is 0 Å². The zero-order chi connectivity index (χ0) is 19.6. The number of amides is 2. The Morgan fingerprint density at radius 2 is 1.67 bits per heavy atom. The molecular weight excluding hydrogens is 412 g/mol. The lowest BCUT2D eigenvalue weighted by Gasteiger charge is -2.11. The number of aliphatic carboxylic acids is 1. The van der Waals surface area contributed by atoms with Crippen molar-refractivity contribution in [3.63, 3.8) is 0 Å². The molecular formula is C20H19BrN2O4. The average molecular weight is 431 g/mol. The fourth-order valence-corrected chi connectivity index (χ4v) is 2.47. The summed E-state index contributed by atoms with van der Waals surface area (Å²) in [6.45, 7) is 0.198. The molecule has 0 aliphatic rings. The lowest BCUT2D eigenvalue weighted by atomic mass is 10.1. The Morgan fingerprint density at radius 3 is 2.30 bits per heavy atom. The maximum Gasteiger partial charge on any atom is 0.303 e. The van der Waals surface area contributed by atoms with E-state index in [1.807, 2.05) is 12.1 Å². The molecule has 140 valence electrons. The van der Waals surface area contributed by atoms with Crippen molar-refractivity contribution in [3.8, 4) is 0 Å². The van der Waals surface area contributed by atoms with Crippen LogP contribution in [0.2, 0.25) is 0 Å². The second-order valence-corrected chi connectivity index (χ2v) is 6.60. The van der Waals surface area contributed by atoms with Gasteiger partial charge in [-0.05, 0) is 42.3 Å². The molecule has 7 heteroatoms. The van der Waals surface area contributed by atoms with Crippen LogP contribution in [0.25, 0.3) is 6.08 Å². The van der Waals surface area contributed by atoms with Crippen LogP contribution in [0.15, 0.2) is 64.8 Å². The second kappa shape index (κ2) is 10.3. The molecule has 0 atom stereocenters. The molecule has 27 heavy (non-hydrogen) atoms. The minimum absolute atomic E-state index is 0.0393. The molecule has 0 spiro atoms. The molecule has 0 aliphatic carbocycles. The van der Waals surface area contributed by atoms with Gasteiger partial charge in [0.15, 0.2) is 0 Å². The molecule has 6 nitrogen and oxygen atoms in total. The Balaban J connectivity index is 2.14. The predicted octanol–water partition coefficient (Wildman–Crippen LogP) is 3.20. The van der Waals surface area contributed by atoms with Crippen LogP contribution in [0.3, 0.4) is 0 Å². The summed E-state index contributed by atoms with van der Waals surface area (Å²) in [5.74, 6) is -1.81. The quantitative estimate of drug-likeness (QED) is 0.442. The van der Waals surface area contributed by atoms with Gasteiger partial charge in [-0.25, -0.2) is 0 Å². The van der Waals surface area contributed by atoms with Crippen LogP contribution in [0.4, 0.5) is 0 Å². The summed E-state index contributed by atoms with van der Waals surface area (Å²) in [4.78, 5) is 35.4. The van der Waals surface area contributed by atoms with E-state index in [1.54, 1.807) is 48.5 Å². The van der Waals surface area contributed by atoms with Crippen molar-refractivity contribution < 1.29 is 19.5 Å². The van der Waals surface area contributed by atoms with Crippen LogP contribution < -0.4 is 10.6 Å². The smallest absolute Gasteiger partial charge is 0.303 e. The van der Waals surface area contributed by atoms with Gasteiger partial charge in [0.25, 0.3) is 11.8 Å². The van der Waals surface area contributed by atoms with Gasteiger partial charge in [0.05, 0.1) is 0 Å². The highest BCUT2D eigenvalue weighted by Gasteiger charge is 2.14. The number of nitrogens with one attached hydrogen (secondary N) is 2. The van der Waals surface area contributed by atoms with Crippen molar-refractivity contribution in [2.75, 3.05) is 6.54 Å². The Kier molecular flexibility index (Phi) is 7.76. The molecule has 3 N–H and O–H groups in total. The zero-order valence-corrected chi connectivity index (χ0v) is 16.0. The molecule has 0 saturated carbocycles. The number of carboxylic acids is 1. The monoisotopic (exact) mass is 430 g/mol. The Morgan fingerprint density at radius 1 is 1.00 bits per heavy atom. The van der Waals surface area contributed by atoms with Crippen LogP contribution in [0.1, 0.15) is 28.8 Å². The lowest BCUT2D eigenvalue weighted by molar-refractivity contribution is -0.137. The summed E-state index contributed by atoms with van der Waals surface area (Å²) in [6.07, 6.45) is 1.83. The highest BCUT2D eigenvalue weighted by atomic mass is 79.9. The first kappa shape index (κ1) is 20.4. The molecule has 0 aliphatic heterocycles. The van der Waals surface area contributed by atoms with E-state index >= 15 is 0 Å². The number of hydrogen-bond donors (Lipinski definition) is 3. The zero-order valence-electron chi connectivity index (χ0n) is 14.4.